The molecule has 1 aliphatic heterocycles. The molecule has 0 bridgehead atoms. The Kier molecular flexibility index (Phi) is 5.55. The van der Waals surface area contributed by atoms with Gasteiger partial charge < -0.3 is 4.90 Å². The van der Waals surface area contributed by atoms with Crippen LogP contribution in [0, 0.1) is 19.7 Å². The number of amides is 1. The van der Waals surface area contributed by atoms with Crippen molar-refractivity contribution in [1.29, 1.82) is 0 Å². The molecule has 3 rings (SSSR count). The van der Waals surface area contributed by atoms with Gasteiger partial charge in [-0.25, -0.2) is 12.8 Å². The first-order valence-corrected chi connectivity index (χ1v) is 10.3. The van der Waals surface area contributed by atoms with Crippen molar-refractivity contribution >= 4 is 27.5 Å². The van der Waals surface area contributed by atoms with Crippen molar-refractivity contribution in [2.24, 2.45) is 0 Å². The second-order valence-electron chi connectivity index (χ2n) is 6.59. The fourth-order valence-corrected chi connectivity index (χ4v) is 5.07. The van der Waals surface area contributed by atoms with E-state index in [1.54, 1.807) is 19.1 Å². The topological polar surface area (TPSA) is 57.7 Å². The number of carbonyl (C=O) groups is 1. The van der Waals surface area contributed by atoms with Crippen molar-refractivity contribution in [1.82, 2.24) is 9.21 Å². The molecule has 0 unspecified atom stereocenters. The summed E-state index contributed by atoms with van der Waals surface area (Å²) in [5, 5.41) is 0.0466. The molecular formula is C19H20ClFN2O3S. The molecule has 0 radical (unpaired) electrons. The Morgan fingerprint density at radius 1 is 1.04 bits per heavy atom. The average Bonchev–Trinajstić information content (AvgIpc) is 2.61. The number of nitrogens with zero attached hydrogens (tertiary/aromatic N) is 2. The zero-order valence-electron chi connectivity index (χ0n) is 15.1. The third-order valence-corrected chi connectivity index (χ3v) is 7.01. The van der Waals surface area contributed by atoms with E-state index in [9.17, 15) is 17.6 Å². The lowest BCUT2D eigenvalue weighted by Crippen LogP contribution is -2.50. The Morgan fingerprint density at radius 2 is 1.70 bits per heavy atom. The molecular weight excluding hydrogens is 391 g/mol. The van der Waals surface area contributed by atoms with Crippen LogP contribution < -0.4 is 0 Å². The van der Waals surface area contributed by atoms with Crippen LogP contribution in [0.5, 0.6) is 0 Å². The number of benzene rings is 2. The van der Waals surface area contributed by atoms with E-state index >= 15 is 0 Å². The van der Waals surface area contributed by atoms with Gasteiger partial charge in [0.1, 0.15) is 5.82 Å². The lowest BCUT2D eigenvalue weighted by Gasteiger charge is -2.34. The maximum Gasteiger partial charge on any atom is 0.255 e. The van der Waals surface area contributed by atoms with Gasteiger partial charge in [0, 0.05) is 26.2 Å². The van der Waals surface area contributed by atoms with Gasteiger partial charge in [-0.2, -0.15) is 4.31 Å². The predicted molar refractivity (Wildman–Crippen MR) is 102 cm³/mol. The molecule has 1 amide bonds. The van der Waals surface area contributed by atoms with E-state index < -0.39 is 15.8 Å². The summed E-state index contributed by atoms with van der Waals surface area (Å²) in [6.45, 7) is 4.57. The molecule has 1 heterocycles. The number of halogens is 2. The average molecular weight is 411 g/mol. The molecule has 144 valence electrons. The molecule has 2 aromatic rings. The Morgan fingerprint density at radius 3 is 2.30 bits per heavy atom. The lowest BCUT2D eigenvalue weighted by molar-refractivity contribution is 0.0698. The van der Waals surface area contributed by atoms with Crippen molar-refractivity contribution in [3.63, 3.8) is 0 Å². The van der Waals surface area contributed by atoms with Crippen LogP contribution in [0.4, 0.5) is 4.39 Å². The van der Waals surface area contributed by atoms with Crippen LogP contribution in [0.15, 0.2) is 41.3 Å². The predicted octanol–water partition coefficient (Wildman–Crippen LogP) is 3.24. The summed E-state index contributed by atoms with van der Waals surface area (Å²) in [5.41, 5.74) is 1.91. The number of hydrogen-bond donors (Lipinski definition) is 0. The highest BCUT2D eigenvalue weighted by Gasteiger charge is 2.31. The third-order valence-electron chi connectivity index (χ3n) is 4.64. The van der Waals surface area contributed by atoms with E-state index in [0.29, 0.717) is 5.56 Å². The van der Waals surface area contributed by atoms with Crippen LogP contribution in [-0.4, -0.2) is 49.7 Å². The van der Waals surface area contributed by atoms with Gasteiger partial charge in [-0.1, -0.05) is 29.3 Å². The largest absolute Gasteiger partial charge is 0.336 e. The highest BCUT2D eigenvalue weighted by atomic mass is 35.5. The van der Waals surface area contributed by atoms with E-state index in [1.165, 1.54) is 21.3 Å². The van der Waals surface area contributed by atoms with Gasteiger partial charge in [0.25, 0.3) is 5.91 Å². The monoisotopic (exact) mass is 410 g/mol. The molecule has 0 aliphatic carbocycles. The molecule has 0 saturated carbocycles. The SMILES string of the molecule is Cc1ccc(S(=O)(=O)N2CCN(C(=O)c3ccc(F)cc3Cl)CC2)c(C)c1. The molecule has 2 aromatic carbocycles. The first-order valence-electron chi connectivity index (χ1n) is 8.52. The zero-order valence-corrected chi connectivity index (χ0v) is 16.6. The van der Waals surface area contributed by atoms with Gasteiger partial charge in [0.2, 0.25) is 10.0 Å². The summed E-state index contributed by atoms with van der Waals surface area (Å²) < 4.78 is 40.4. The van der Waals surface area contributed by atoms with E-state index in [0.717, 1.165) is 11.6 Å². The smallest absolute Gasteiger partial charge is 0.255 e. The normalized spacial score (nSPS) is 15.8. The maximum atomic E-state index is 13.2. The molecule has 0 spiro atoms. The Hall–Kier alpha value is -1.96. The number of sulfonamides is 1. The number of rotatable bonds is 3. The second-order valence-corrected chi connectivity index (χ2v) is 8.90. The van der Waals surface area contributed by atoms with Gasteiger partial charge in [-0.3, -0.25) is 4.79 Å². The second kappa shape index (κ2) is 7.58. The van der Waals surface area contributed by atoms with Crippen LogP contribution in [0.1, 0.15) is 21.5 Å². The van der Waals surface area contributed by atoms with Crippen LogP contribution >= 0.6 is 11.6 Å². The molecule has 1 saturated heterocycles. The fourth-order valence-electron chi connectivity index (χ4n) is 3.19. The van der Waals surface area contributed by atoms with Gasteiger partial charge in [-0.05, 0) is 43.7 Å². The lowest BCUT2D eigenvalue weighted by atomic mass is 10.2. The van der Waals surface area contributed by atoms with E-state index in [1.807, 2.05) is 13.0 Å². The van der Waals surface area contributed by atoms with Crippen LogP contribution in [-0.2, 0) is 10.0 Å². The first kappa shape index (κ1) is 19.8. The highest BCUT2D eigenvalue weighted by Crippen LogP contribution is 2.24. The molecule has 1 fully saturated rings. The summed E-state index contributed by atoms with van der Waals surface area (Å²) in [7, 11) is -3.62. The van der Waals surface area contributed by atoms with Crippen molar-refractivity contribution < 1.29 is 17.6 Å². The van der Waals surface area contributed by atoms with E-state index in [2.05, 4.69) is 0 Å². The van der Waals surface area contributed by atoms with E-state index in [-0.39, 0.29) is 47.6 Å². The fraction of sp³-hybridized carbons (Fsp3) is 0.316. The van der Waals surface area contributed by atoms with Crippen molar-refractivity contribution in [2.75, 3.05) is 26.2 Å². The number of hydrogen-bond acceptors (Lipinski definition) is 3. The van der Waals surface area contributed by atoms with Gasteiger partial charge in [-0.15, -0.1) is 0 Å². The first-order chi connectivity index (χ1) is 12.7. The van der Waals surface area contributed by atoms with Crippen LogP contribution in [0.2, 0.25) is 5.02 Å². The third kappa shape index (κ3) is 4.00. The minimum Gasteiger partial charge on any atom is -0.336 e. The van der Waals surface area contributed by atoms with E-state index in [4.69, 9.17) is 11.6 Å². The molecule has 0 atom stereocenters. The molecule has 1 aliphatic rings. The van der Waals surface area contributed by atoms with Crippen LogP contribution in [0.25, 0.3) is 0 Å². The molecule has 27 heavy (non-hydrogen) atoms. The van der Waals surface area contributed by atoms with Crippen molar-refractivity contribution in [3.8, 4) is 0 Å². The van der Waals surface area contributed by atoms with Gasteiger partial charge in [0.15, 0.2) is 0 Å². The summed E-state index contributed by atoms with van der Waals surface area (Å²) in [5.74, 6) is -0.843. The van der Waals surface area contributed by atoms with Gasteiger partial charge >= 0.3 is 0 Å². The zero-order chi connectivity index (χ0) is 19.8. The summed E-state index contributed by atoms with van der Waals surface area (Å²) in [4.78, 5) is 14.4. The maximum absolute atomic E-state index is 13.2. The summed E-state index contributed by atoms with van der Waals surface area (Å²) in [6, 6.07) is 8.85. The Bertz CT molecular complexity index is 986. The molecule has 0 aromatic heterocycles. The minimum absolute atomic E-state index is 0.0466. The standard InChI is InChI=1S/C19H20ClFN2O3S/c1-13-3-6-18(14(2)11-13)27(25,26)23-9-7-22(8-10-23)19(24)16-5-4-15(21)12-17(16)20/h3-6,11-12H,7-10H2,1-2H3. The quantitative estimate of drug-likeness (QED) is 0.780. The number of aryl methyl sites for hydroxylation is 2. The molecule has 8 heteroatoms. The summed E-state index contributed by atoms with van der Waals surface area (Å²) in [6.07, 6.45) is 0. The molecule has 0 N–H and O–H groups in total. The van der Waals surface area contributed by atoms with Crippen LogP contribution in [0.3, 0.4) is 0 Å². The number of piperazine rings is 1. The Balaban J connectivity index is 1.74. The highest BCUT2D eigenvalue weighted by molar-refractivity contribution is 7.89. The van der Waals surface area contributed by atoms with Crippen molar-refractivity contribution in [3.05, 3.63) is 63.9 Å². The van der Waals surface area contributed by atoms with Crippen molar-refractivity contribution in [2.45, 2.75) is 18.7 Å². The number of carbonyl (C=O) groups excluding carboxylic acids is 1. The summed E-state index contributed by atoms with van der Waals surface area (Å²) >= 11 is 5.96. The molecule has 5 nitrogen and oxygen atoms in total. The van der Waals surface area contributed by atoms with Gasteiger partial charge in [0.05, 0.1) is 15.5 Å². The Labute approximate surface area is 163 Å². The minimum atomic E-state index is -3.62.